The van der Waals surface area contributed by atoms with Crippen LogP contribution >= 0.6 is 11.8 Å². The molecular formula is C12H22N4OS. The minimum atomic E-state index is -0.107. The van der Waals surface area contributed by atoms with E-state index in [1.807, 2.05) is 11.5 Å². The summed E-state index contributed by atoms with van der Waals surface area (Å²) in [6, 6.07) is 0.188. The average Bonchev–Trinajstić information content (AvgIpc) is 2.78. The van der Waals surface area contributed by atoms with E-state index < -0.39 is 0 Å². The van der Waals surface area contributed by atoms with Gasteiger partial charge in [-0.25, -0.2) is 0 Å². The number of carbonyl (C=O) groups excluding carboxylic acids is 1. The van der Waals surface area contributed by atoms with Gasteiger partial charge in [0.2, 0.25) is 5.91 Å². The van der Waals surface area contributed by atoms with Gasteiger partial charge in [-0.15, -0.1) is 10.2 Å². The van der Waals surface area contributed by atoms with E-state index in [0.717, 1.165) is 18.0 Å². The summed E-state index contributed by atoms with van der Waals surface area (Å²) < 4.78 is 1.98. The molecule has 0 aliphatic heterocycles. The van der Waals surface area contributed by atoms with Gasteiger partial charge in [0.1, 0.15) is 6.33 Å². The van der Waals surface area contributed by atoms with Crippen LogP contribution in [-0.4, -0.2) is 32.2 Å². The first-order valence-electron chi connectivity index (χ1n) is 6.32. The fourth-order valence-corrected chi connectivity index (χ4v) is 2.32. The molecule has 6 heteroatoms. The maximum absolute atomic E-state index is 11.7. The van der Waals surface area contributed by atoms with Crippen LogP contribution in [0, 0.1) is 0 Å². The van der Waals surface area contributed by atoms with Crippen LogP contribution in [-0.2, 0) is 4.79 Å². The Labute approximate surface area is 113 Å². The van der Waals surface area contributed by atoms with Gasteiger partial charge in [0.05, 0.1) is 11.8 Å². The lowest BCUT2D eigenvalue weighted by atomic mass is 10.3. The van der Waals surface area contributed by atoms with Crippen LogP contribution in [0.2, 0.25) is 0 Å². The van der Waals surface area contributed by atoms with Gasteiger partial charge in [0.25, 0.3) is 0 Å². The molecule has 5 nitrogen and oxygen atoms in total. The van der Waals surface area contributed by atoms with E-state index in [2.05, 4.69) is 36.3 Å². The van der Waals surface area contributed by atoms with Gasteiger partial charge >= 0.3 is 0 Å². The molecule has 0 aliphatic rings. The summed E-state index contributed by atoms with van der Waals surface area (Å²) in [4.78, 5) is 11.7. The van der Waals surface area contributed by atoms with Crippen LogP contribution in [0.15, 0.2) is 6.33 Å². The third-order valence-electron chi connectivity index (χ3n) is 2.50. The molecule has 0 saturated carbocycles. The maximum Gasteiger partial charge on any atom is 0.230 e. The highest BCUT2D eigenvalue weighted by molar-refractivity contribution is 7.99. The van der Waals surface area contributed by atoms with Crippen molar-refractivity contribution in [3.63, 3.8) is 0 Å². The highest BCUT2D eigenvalue weighted by Crippen LogP contribution is 2.14. The second-order valence-corrected chi connectivity index (χ2v) is 5.64. The van der Waals surface area contributed by atoms with Crippen LogP contribution in [0.25, 0.3) is 0 Å². The molecule has 18 heavy (non-hydrogen) atoms. The maximum atomic E-state index is 11.7. The van der Waals surface area contributed by atoms with Gasteiger partial charge in [0, 0.05) is 6.04 Å². The van der Waals surface area contributed by atoms with E-state index in [1.54, 1.807) is 18.1 Å². The number of amides is 1. The van der Waals surface area contributed by atoms with Crippen molar-refractivity contribution < 1.29 is 4.79 Å². The quantitative estimate of drug-likeness (QED) is 0.771. The second kappa shape index (κ2) is 7.41. The van der Waals surface area contributed by atoms with Crippen LogP contribution in [0.3, 0.4) is 0 Å². The summed E-state index contributed by atoms with van der Waals surface area (Å²) in [7, 11) is 0. The Bertz CT molecular complexity index is 378. The topological polar surface area (TPSA) is 59.8 Å². The molecule has 1 N–H and O–H groups in total. The zero-order valence-corrected chi connectivity index (χ0v) is 12.3. The number of aromatic nitrogens is 3. The fourth-order valence-electron chi connectivity index (χ4n) is 1.62. The first kappa shape index (κ1) is 15.0. The van der Waals surface area contributed by atoms with E-state index in [9.17, 15) is 4.79 Å². The lowest BCUT2D eigenvalue weighted by Gasteiger charge is -2.16. The molecule has 102 valence electrons. The summed E-state index contributed by atoms with van der Waals surface area (Å²) in [5, 5.41) is 10.9. The standard InChI is InChI=1S/C12H22N4OS/c1-5-6-18-7-11(17)14-10(4)12-15-13-8-16(12)9(2)3/h8-10H,5-7H2,1-4H3,(H,14,17)/t10-/m0/s1. The van der Waals surface area contributed by atoms with E-state index in [-0.39, 0.29) is 11.9 Å². The van der Waals surface area contributed by atoms with E-state index in [0.29, 0.717) is 11.8 Å². The van der Waals surface area contributed by atoms with Crippen LogP contribution in [0.5, 0.6) is 0 Å². The normalized spacial score (nSPS) is 12.7. The Morgan fingerprint density at radius 2 is 2.22 bits per heavy atom. The summed E-state index contributed by atoms with van der Waals surface area (Å²) in [6.07, 6.45) is 2.80. The molecule has 0 radical (unpaired) electrons. The molecule has 0 aliphatic carbocycles. The molecule has 1 atom stereocenters. The van der Waals surface area contributed by atoms with Crippen molar-refractivity contribution in [3.05, 3.63) is 12.2 Å². The van der Waals surface area contributed by atoms with Gasteiger partial charge < -0.3 is 9.88 Å². The molecule has 1 rings (SSSR count). The zero-order valence-electron chi connectivity index (χ0n) is 11.5. The molecule has 0 bridgehead atoms. The number of thioether (sulfide) groups is 1. The third-order valence-corrected chi connectivity index (χ3v) is 3.67. The van der Waals surface area contributed by atoms with E-state index in [4.69, 9.17) is 0 Å². The molecule has 1 aromatic rings. The van der Waals surface area contributed by atoms with Crippen molar-refractivity contribution in [2.45, 2.75) is 46.2 Å². The molecular weight excluding hydrogens is 248 g/mol. The Kier molecular flexibility index (Phi) is 6.18. The summed E-state index contributed by atoms with van der Waals surface area (Å²) in [5.41, 5.74) is 0. The Morgan fingerprint density at radius 1 is 1.50 bits per heavy atom. The first-order valence-corrected chi connectivity index (χ1v) is 7.48. The predicted octanol–water partition coefficient (Wildman–Crippen LogP) is 2.18. The van der Waals surface area contributed by atoms with Crippen molar-refractivity contribution >= 4 is 17.7 Å². The largest absolute Gasteiger partial charge is 0.346 e. The molecule has 0 fully saturated rings. The van der Waals surface area contributed by atoms with Crippen molar-refractivity contribution in [1.29, 1.82) is 0 Å². The van der Waals surface area contributed by atoms with Crippen LogP contribution < -0.4 is 5.32 Å². The number of hydrogen-bond donors (Lipinski definition) is 1. The lowest BCUT2D eigenvalue weighted by molar-refractivity contribution is -0.119. The average molecular weight is 270 g/mol. The first-order chi connectivity index (χ1) is 8.56. The molecule has 0 unspecified atom stereocenters. The lowest BCUT2D eigenvalue weighted by Crippen LogP contribution is -2.30. The fraction of sp³-hybridized carbons (Fsp3) is 0.750. The van der Waals surface area contributed by atoms with Gasteiger partial charge in [-0.3, -0.25) is 4.79 Å². The highest BCUT2D eigenvalue weighted by atomic mass is 32.2. The summed E-state index contributed by atoms with van der Waals surface area (Å²) >= 11 is 1.66. The molecule has 1 heterocycles. The Morgan fingerprint density at radius 3 is 2.83 bits per heavy atom. The smallest absolute Gasteiger partial charge is 0.230 e. The monoisotopic (exact) mass is 270 g/mol. The molecule has 1 aromatic heterocycles. The van der Waals surface area contributed by atoms with Crippen molar-refractivity contribution in [1.82, 2.24) is 20.1 Å². The van der Waals surface area contributed by atoms with E-state index >= 15 is 0 Å². The minimum Gasteiger partial charge on any atom is -0.346 e. The van der Waals surface area contributed by atoms with Gasteiger partial charge in [0.15, 0.2) is 5.82 Å². The summed E-state index contributed by atoms with van der Waals surface area (Å²) in [6.45, 7) is 8.18. The van der Waals surface area contributed by atoms with Crippen molar-refractivity contribution in [2.24, 2.45) is 0 Å². The van der Waals surface area contributed by atoms with Gasteiger partial charge in [-0.05, 0) is 32.9 Å². The van der Waals surface area contributed by atoms with Crippen molar-refractivity contribution in [3.8, 4) is 0 Å². The Hall–Kier alpha value is -1.04. The number of nitrogens with one attached hydrogen (secondary N) is 1. The van der Waals surface area contributed by atoms with Crippen LogP contribution in [0.1, 0.15) is 52.0 Å². The SMILES string of the molecule is CCCSCC(=O)N[C@@H](C)c1nncn1C(C)C. The Balaban J connectivity index is 2.51. The number of nitrogens with zero attached hydrogens (tertiary/aromatic N) is 3. The predicted molar refractivity (Wildman–Crippen MR) is 74.6 cm³/mol. The summed E-state index contributed by atoms with van der Waals surface area (Å²) in [5.74, 6) is 2.39. The van der Waals surface area contributed by atoms with E-state index in [1.165, 1.54) is 0 Å². The van der Waals surface area contributed by atoms with Crippen LogP contribution in [0.4, 0.5) is 0 Å². The molecule has 1 amide bonds. The second-order valence-electron chi connectivity index (χ2n) is 4.53. The number of rotatable bonds is 7. The molecule has 0 saturated heterocycles. The zero-order chi connectivity index (χ0) is 13.5. The number of carbonyl (C=O) groups is 1. The van der Waals surface area contributed by atoms with Gasteiger partial charge in [-0.1, -0.05) is 6.92 Å². The highest BCUT2D eigenvalue weighted by Gasteiger charge is 2.16. The minimum absolute atomic E-state index is 0.0549. The van der Waals surface area contributed by atoms with Crippen molar-refractivity contribution in [2.75, 3.05) is 11.5 Å². The molecule has 0 aromatic carbocycles. The number of hydrogen-bond acceptors (Lipinski definition) is 4. The van der Waals surface area contributed by atoms with Gasteiger partial charge in [-0.2, -0.15) is 11.8 Å². The molecule has 0 spiro atoms. The third kappa shape index (κ3) is 4.33.